The Morgan fingerprint density at radius 3 is 1.86 bits per heavy atom. The summed E-state index contributed by atoms with van der Waals surface area (Å²) in [6.07, 6.45) is 0. The Morgan fingerprint density at radius 1 is 0.864 bits per heavy atom. The van der Waals surface area contributed by atoms with Gasteiger partial charge >= 0.3 is 0 Å². The smallest absolute Gasteiger partial charge is 0.123 e. The molecule has 3 rings (SSSR count). The van der Waals surface area contributed by atoms with Crippen LogP contribution < -0.4 is 0 Å². The molecule has 2 nitrogen and oxygen atoms in total. The maximum Gasteiger partial charge on any atom is 0.123 e. The summed E-state index contributed by atoms with van der Waals surface area (Å²) in [5, 5.41) is 9.48. The molecule has 0 spiro atoms. The number of nitrogens with zero attached hydrogens (tertiary/aromatic N) is 1. The highest BCUT2D eigenvalue weighted by molar-refractivity contribution is 5.67. The third-order valence-electron chi connectivity index (χ3n) is 3.56. The summed E-state index contributed by atoms with van der Waals surface area (Å²) >= 11 is 0. The fraction of sp³-hybridized carbons (Fsp3) is 0.105. The quantitative estimate of drug-likeness (QED) is 0.778. The van der Waals surface area contributed by atoms with Crippen molar-refractivity contribution in [3.05, 3.63) is 77.6 Å². The maximum absolute atomic E-state index is 13.1. The van der Waals surface area contributed by atoms with Gasteiger partial charge in [-0.2, -0.15) is 0 Å². The van der Waals surface area contributed by atoms with E-state index in [0.29, 0.717) is 0 Å². The van der Waals surface area contributed by atoms with Crippen LogP contribution in [0.25, 0.3) is 22.5 Å². The molecule has 3 heteroatoms. The Bertz CT molecular complexity index is 716. The largest absolute Gasteiger partial charge is 0.392 e. The van der Waals surface area contributed by atoms with Crippen LogP contribution in [0, 0.1) is 12.7 Å². The second kappa shape index (κ2) is 6.08. The van der Waals surface area contributed by atoms with Gasteiger partial charge in [-0.05, 0) is 48.9 Å². The molecule has 3 aromatic rings. The molecule has 0 radical (unpaired) electrons. The van der Waals surface area contributed by atoms with E-state index in [0.717, 1.165) is 28.1 Å². The van der Waals surface area contributed by atoms with E-state index in [1.54, 1.807) is 12.1 Å². The first kappa shape index (κ1) is 14.4. The van der Waals surface area contributed by atoms with E-state index in [1.165, 1.54) is 17.7 Å². The minimum atomic E-state index is -0.277. The van der Waals surface area contributed by atoms with E-state index in [-0.39, 0.29) is 12.4 Å². The van der Waals surface area contributed by atoms with Crippen molar-refractivity contribution in [1.82, 2.24) is 4.98 Å². The van der Waals surface area contributed by atoms with E-state index in [1.807, 2.05) is 43.3 Å². The number of halogens is 1. The Labute approximate surface area is 128 Å². The number of pyridine rings is 1. The fourth-order valence-corrected chi connectivity index (χ4v) is 2.32. The van der Waals surface area contributed by atoms with Gasteiger partial charge < -0.3 is 5.11 Å². The zero-order chi connectivity index (χ0) is 15.5. The monoisotopic (exact) mass is 293 g/mol. The molecular formula is C19H16FNO. The highest BCUT2D eigenvalue weighted by Crippen LogP contribution is 2.25. The van der Waals surface area contributed by atoms with E-state index >= 15 is 0 Å². The van der Waals surface area contributed by atoms with Crippen LogP contribution in [-0.4, -0.2) is 10.1 Å². The van der Waals surface area contributed by atoms with Crippen LogP contribution >= 0.6 is 0 Å². The summed E-state index contributed by atoms with van der Waals surface area (Å²) < 4.78 is 13.1. The molecule has 1 heterocycles. The van der Waals surface area contributed by atoms with E-state index in [2.05, 4.69) is 4.98 Å². The van der Waals surface area contributed by atoms with Crippen molar-refractivity contribution in [3.8, 4) is 22.5 Å². The molecule has 0 aliphatic rings. The molecule has 0 fully saturated rings. The van der Waals surface area contributed by atoms with Crippen LogP contribution in [0.15, 0.2) is 60.7 Å². The second-order valence-electron chi connectivity index (χ2n) is 5.28. The van der Waals surface area contributed by atoms with Crippen molar-refractivity contribution in [2.75, 3.05) is 0 Å². The van der Waals surface area contributed by atoms with Gasteiger partial charge in [0.05, 0.1) is 18.0 Å². The van der Waals surface area contributed by atoms with Crippen LogP contribution in [0.5, 0.6) is 0 Å². The molecule has 1 N–H and O–H groups in total. The molecule has 110 valence electrons. The zero-order valence-corrected chi connectivity index (χ0v) is 12.3. The first-order chi connectivity index (χ1) is 10.7. The number of aromatic nitrogens is 1. The lowest BCUT2D eigenvalue weighted by molar-refractivity contribution is 0.282. The number of hydrogen-bond donors (Lipinski definition) is 1. The van der Waals surface area contributed by atoms with Gasteiger partial charge in [-0.3, -0.25) is 0 Å². The molecule has 0 saturated heterocycles. The third kappa shape index (κ3) is 3.05. The number of rotatable bonds is 3. The molecule has 0 atom stereocenters. The van der Waals surface area contributed by atoms with Gasteiger partial charge in [0.2, 0.25) is 0 Å². The Hall–Kier alpha value is -2.52. The van der Waals surface area contributed by atoms with Gasteiger partial charge in [0.15, 0.2) is 0 Å². The van der Waals surface area contributed by atoms with Crippen LogP contribution in [0.1, 0.15) is 11.1 Å². The molecule has 0 bridgehead atoms. The molecular weight excluding hydrogens is 277 g/mol. The minimum Gasteiger partial charge on any atom is -0.392 e. The second-order valence-corrected chi connectivity index (χ2v) is 5.28. The van der Waals surface area contributed by atoms with E-state index < -0.39 is 0 Å². The fourth-order valence-electron chi connectivity index (χ4n) is 2.32. The number of benzene rings is 2. The lowest BCUT2D eigenvalue weighted by atomic mass is 10.0. The summed E-state index contributed by atoms with van der Waals surface area (Å²) in [6, 6.07) is 18.0. The van der Waals surface area contributed by atoms with Gasteiger partial charge in [-0.1, -0.05) is 29.8 Å². The molecule has 0 aliphatic carbocycles. The van der Waals surface area contributed by atoms with Crippen molar-refractivity contribution < 1.29 is 9.50 Å². The van der Waals surface area contributed by atoms with Gasteiger partial charge in [-0.15, -0.1) is 0 Å². The summed E-state index contributed by atoms with van der Waals surface area (Å²) in [4.78, 5) is 4.65. The topological polar surface area (TPSA) is 33.1 Å². The standard InChI is InChI=1S/C19H16FNO/c1-13-2-4-15(5-3-13)18-10-14(12-22)11-19(21-18)16-6-8-17(20)9-7-16/h2-11,22H,12H2,1H3. The normalized spacial score (nSPS) is 10.7. The molecule has 0 amide bonds. The average molecular weight is 293 g/mol. The number of aliphatic hydroxyl groups is 1. The summed E-state index contributed by atoms with van der Waals surface area (Å²) in [5.41, 5.74) is 5.30. The van der Waals surface area contributed by atoms with Gasteiger partial charge in [-0.25, -0.2) is 9.37 Å². The Kier molecular flexibility index (Phi) is 3.98. The number of aryl methyl sites for hydroxylation is 1. The molecule has 1 aromatic heterocycles. The van der Waals surface area contributed by atoms with Crippen LogP contribution in [0.4, 0.5) is 4.39 Å². The molecule has 22 heavy (non-hydrogen) atoms. The number of hydrogen-bond acceptors (Lipinski definition) is 2. The van der Waals surface area contributed by atoms with Crippen molar-refractivity contribution in [3.63, 3.8) is 0 Å². The average Bonchev–Trinajstić information content (AvgIpc) is 2.55. The van der Waals surface area contributed by atoms with Crippen molar-refractivity contribution in [2.24, 2.45) is 0 Å². The lowest BCUT2D eigenvalue weighted by Crippen LogP contribution is -1.93. The van der Waals surface area contributed by atoms with E-state index in [9.17, 15) is 9.50 Å². The summed E-state index contributed by atoms with van der Waals surface area (Å²) in [7, 11) is 0. The molecule has 0 unspecified atom stereocenters. The predicted octanol–water partition coefficient (Wildman–Crippen LogP) is 4.36. The van der Waals surface area contributed by atoms with Gasteiger partial charge in [0.25, 0.3) is 0 Å². The summed E-state index contributed by atoms with van der Waals surface area (Å²) in [5.74, 6) is -0.277. The SMILES string of the molecule is Cc1ccc(-c2cc(CO)cc(-c3ccc(F)cc3)n2)cc1. The van der Waals surface area contributed by atoms with Gasteiger partial charge in [0.1, 0.15) is 5.82 Å². The first-order valence-corrected chi connectivity index (χ1v) is 7.10. The van der Waals surface area contributed by atoms with Crippen LogP contribution in [-0.2, 0) is 6.61 Å². The highest BCUT2D eigenvalue weighted by atomic mass is 19.1. The third-order valence-corrected chi connectivity index (χ3v) is 3.56. The minimum absolute atomic E-state index is 0.0599. The number of aliphatic hydroxyl groups excluding tert-OH is 1. The van der Waals surface area contributed by atoms with Crippen LogP contribution in [0.3, 0.4) is 0 Å². The molecule has 2 aromatic carbocycles. The molecule has 0 aliphatic heterocycles. The highest BCUT2D eigenvalue weighted by Gasteiger charge is 2.07. The Balaban J connectivity index is 2.10. The zero-order valence-electron chi connectivity index (χ0n) is 12.3. The van der Waals surface area contributed by atoms with E-state index in [4.69, 9.17) is 0 Å². The van der Waals surface area contributed by atoms with Crippen molar-refractivity contribution in [2.45, 2.75) is 13.5 Å². The predicted molar refractivity (Wildman–Crippen MR) is 85.7 cm³/mol. The summed E-state index contributed by atoms with van der Waals surface area (Å²) in [6.45, 7) is 1.97. The Morgan fingerprint density at radius 2 is 1.36 bits per heavy atom. The first-order valence-electron chi connectivity index (χ1n) is 7.10. The lowest BCUT2D eigenvalue weighted by Gasteiger charge is -2.09. The van der Waals surface area contributed by atoms with Crippen LogP contribution in [0.2, 0.25) is 0 Å². The maximum atomic E-state index is 13.1. The van der Waals surface area contributed by atoms with Crippen molar-refractivity contribution >= 4 is 0 Å². The van der Waals surface area contributed by atoms with Gasteiger partial charge in [0, 0.05) is 11.1 Å². The van der Waals surface area contributed by atoms with Crippen molar-refractivity contribution in [1.29, 1.82) is 0 Å². The molecule has 0 saturated carbocycles.